The van der Waals surface area contributed by atoms with Gasteiger partial charge in [0.05, 0.1) is 10.6 Å². The molecule has 0 fully saturated rings. The van der Waals surface area contributed by atoms with Crippen LogP contribution in [0.2, 0.25) is 0 Å². The van der Waals surface area contributed by atoms with Crippen LogP contribution in [-0.2, 0) is 17.6 Å². The predicted octanol–water partition coefficient (Wildman–Crippen LogP) is 4.89. The molecule has 1 aliphatic carbocycles. The lowest BCUT2D eigenvalue weighted by molar-refractivity contribution is -0.115. The monoisotopic (exact) mass is 412 g/mol. The van der Waals surface area contributed by atoms with Crippen molar-refractivity contribution >= 4 is 50.7 Å². The van der Waals surface area contributed by atoms with E-state index in [2.05, 4.69) is 16.4 Å². The molecule has 146 valence electrons. The lowest BCUT2D eigenvalue weighted by Gasteiger charge is -2.14. The number of carbonyl (C=O) groups is 1. The number of benzene rings is 1. The standard InChI is InChI=1S/C21H24N4OS2/c1-11-8-9-15(12(2)10-11)23-19(26)13(3)27-21-24-18(22)17-14-6-4-5-7-16(14)28-20(17)25-21/h8-10,13H,4-7H2,1-3H3,(H,23,26)(H2,22,24,25). The van der Waals surface area contributed by atoms with Crippen LogP contribution < -0.4 is 11.1 Å². The van der Waals surface area contributed by atoms with E-state index >= 15 is 0 Å². The van der Waals surface area contributed by atoms with Crippen LogP contribution in [0, 0.1) is 13.8 Å². The van der Waals surface area contributed by atoms with Gasteiger partial charge in [-0.2, -0.15) is 0 Å². The number of hydrogen-bond acceptors (Lipinski definition) is 6. The summed E-state index contributed by atoms with van der Waals surface area (Å²) in [6.45, 7) is 5.90. The van der Waals surface area contributed by atoms with Crippen LogP contribution in [0.1, 0.15) is 41.3 Å². The largest absolute Gasteiger partial charge is 0.383 e. The molecule has 2 aromatic heterocycles. The third kappa shape index (κ3) is 3.73. The minimum atomic E-state index is -0.327. The number of rotatable bonds is 4. The summed E-state index contributed by atoms with van der Waals surface area (Å²) in [6.07, 6.45) is 4.59. The molecule has 4 rings (SSSR count). The number of aromatic nitrogens is 2. The third-order valence-corrected chi connectivity index (χ3v) is 7.26. The summed E-state index contributed by atoms with van der Waals surface area (Å²) in [6, 6.07) is 6.00. The fraction of sp³-hybridized carbons (Fsp3) is 0.381. The van der Waals surface area contributed by atoms with Crippen LogP contribution >= 0.6 is 23.1 Å². The summed E-state index contributed by atoms with van der Waals surface area (Å²) in [5.41, 5.74) is 10.7. The molecule has 1 aliphatic rings. The Morgan fingerprint density at radius 2 is 2.04 bits per heavy atom. The molecule has 1 unspecified atom stereocenters. The van der Waals surface area contributed by atoms with Crippen molar-refractivity contribution < 1.29 is 4.79 Å². The molecular weight excluding hydrogens is 388 g/mol. The maximum absolute atomic E-state index is 12.6. The van der Waals surface area contributed by atoms with Crippen molar-refractivity contribution in [1.29, 1.82) is 0 Å². The van der Waals surface area contributed by atoms with E-state index in [4.69, 9.17) is 10.7 Å². The Balaban J connectivity index is 1.53. The van der Waals surface area contributed by atoms with Crippen molar-refractivity contribution in [2.24, 2.45) is 0 Å². The van der Waals surface area contributed by atoms with Crippen molar-refractivity contribution in [3.63, 3.8) is 0 Å². The van der Waals surface area contributed by atoms with Gasteiger partial charge >= 0.3 is 0 Å². The zero-order valence-corrected chi connectivity index (χ0v) is 18.0. The molecule has 2 heterocycles. The van der Waals surface area contributed by atoms with Crippen molar-refractivity contribution in [2.75, 3.05) is 11.1 Å². The Bertz CT molecular complexity index is 1060. The molecular formula is C21H24N4OS2. The first-order chi connectivity index (χ1) is 13.4. The second-order valence-corrected chi connectivity index (χ2v) is 9.74. The first kappa shape index (κ1) is 19.2. The smallest absolute Gasteiger partial charge is 0.237 e. The first-order valence-electron chi connectivity index (χ1n) is 9.55. The van der Waals surface area contributed by atoms with Gasteiger partial charge in [0.15, 0.2) is 5.16 Å². The number of nitrogens with one attached hydrogen (secondary N) is 1. The lowest BCUT2D eigenvalue weighted by atomic mass is 9.97. The maximum Gasteiger partial charge on any atom is 0.237 e. The van der Waals surface area contributed by atoms with Crippen molar-refractivity contribution in [1.82, 2.24) is 9.97 Å². The van der Waals surface area contributed by atoms with Gasteiger partial charge in [-0.1, -0.05) is 29.5 Å². The zero-order valence-electron chi connectivity index (χ0n) is 16.3. The normalized spacial score (nSPS) is 14.7. The predicted molar refractivity (Wildman–Crippen MR) is 118 cm³/mol. The molecule has 0 bridgehead atoms. The van der Waals surface area contributed by atoms with E-state index in [1.807, 2.05) is 32.9 Å². The Morgan fingerprint density at radius 1 is 1.25 bits per heavy atom. The van der Waals surface area contributed by atoms with Gasteiger partial charge in [0, 0.05) is 10.6 Å². The zero-order chi connectivity index (χ0) is 19.8. The minimum Gasteiger partial charge on any atom is -0.383 e. The van der Waals surface area contributed by atoms with E-state index in [1.165, 1.54) is 40.6 Å². The number of amides is 1. The van der Waals surface area contributed by atoms with Gasteiger partial charge < -0.3 is 11.1 Å². The summed E-state index contributed by atoms with van der Waals surface area (Å²) in [4.78, 5) is 24.2. The molecule has 1 amide bonds. The minimum absolute atomic E-state index is 0.0651. The van der Waals surface area contributed by atoms with Crippen molar-refractivity contribution in [2.45, 2.75) is 56.9 Å². The van der Waals surface area contributed by atoms with Gasteiger partial charge in [-0.3, -0.25) is 4.79 Å². The number of nitrogens with two attached hydrogens (primary N) is 1. The topological polar surface area (TPSA) is 80.9 Å². The van der Waals surface area contributed by atoms with Gasteiger partial charge in [-0.15, -0.1) is 11.3 Å². The fourth-order valence-corrected chi connectivity index (χ4v) is 5.72. The van der Waals surface area contributed by atoms with Crippen LogP contribution in [0.3, 0.4) is 0 Å². The summed E-state index contributed by atoms with van der Waals surface area (Å²) in [7, 11) is 0. The molecule has 0 radical (unpaired) electrons. The number of anilines is 2. The molecule has 1 atom stereocenters. The molecule has 28 heavy (non-hydrogen) atoms. The second-order valence-electron chi connectivity index (χ2n) is 7.35. The average molecular weight is 413 g/mol. The SMILES string of the molecule is Cc1ccc(NC(=O)C(C)Sc2nc(N)c3c4c(sc3n2)CCCC4)c(C)c1. The Labute approximate surface area is 173 Å². The Hall–Kier alpha value is -2.12. The highest BCUT2D eigenvalue weighted by atomic mass is 32.2. The van der Waals surface area contributed by atoms with E-state index < -0.39 is 0 Å². The summed E-state index contributed by atoms with van der Waals surface area (Å²) < 4.78 is 0. The number of nitrogens with zero attached hydrogens (tertiary/aromatic N) is 2. The maximum atomic E-state index is 12.6. The third-order valence-electron chi connectivity index (χ3n) is 5.11. The average Bonchev–Trinajstić information content (AvgIpc) is 3.02. The quantitative estimate of drug-likeness (QED) is 0.471. The summed E-state index contributed by atoms with van der Waals surface area (Å²) in [5, 5.41) is 4.26. The molecule has 7 heteroatoms. The molecule has 1 aromatic carbocycles. The number of thioether (sulfide) groups is 1. The van der Waals surface area contributed by atoms with Crippen LogP contribution in [0.15, 0.2) is 23.4 Å². The van der Waals surface area contributed by atoms with Gasteiger partial charge in [0.25, 0.3) is 0 Å². The molecule has 3 aromatic rings. The molecule has 0 aliphatic heterocycles. The summed E-state index contributed by atoms with van der Waals surface area (Å²) >= 11 is 3.07. The molecule has 5 nitrogen and oxygen atoms in total. The molecule has 3 N–H and O–H groups in total. The van der Waals surface area contributed by atoms with Gasteiger partial charge in [0.2, 0.25) is 5.91 Å². The van der Waals surface area contributed by atoms with Crippen molar-refractivity contribution in [3.8, 4) is 0 Å². The highest BCUT2D eigenvalue weighted by Gasteiger charge is 2.22. The number of aryl methyl sites for hydroxylation is 4. The second kappa shape index (κ2) is 7.72. The van der Waals surface area contributed by atoms with Gasteiger partial charge in [-0.25, -0.2) is 9.97 Å². The fourth-order valence-electron chi connectivity index (χ4n) is 3.62. The van der Waals surface area contributed by atoms with Crippen LogP contribution in [-0.4, -0.2) is 21.1 Å². The highest BCUT2D eigenvalue weighted by Crippen LogP contribution is 2.39. The van der Waals surface area contributed by atoms with E-state index in [1.54, 1.807) is 11.3 Å². The van der Waals surface area contributed by atoms with E-state index in [-0.39, 0.29) is 11.2 Å². The van der Waals surface area contributed by atoms with E-state index in [0.717, 1.165) is 34.3 Å². The van der Waals surface area contributed by atoms with Crippen LogP contribution in [0.25, 0.3) is 10.2 Å². The number of fused-ring (bicyclic) bond motifs is 3. The van der Waals surface area contributed by atoms with Gasteiger partial charge in [0.1, 0.15) is 10.6 Å². The lowest BCUT2D eigenvalue weighted by Crippen LogP contribution is -2.23. The van der Waals surface area contributed by atoms with Crippen LogP contribution in [0.5, 0.6) is 0 Å². The first-order valence-corrected chi connectivity index (χ1v) is 11.2. The number of nitrogen functional groups attached to an aromatic ring is 1. The number of hydrogen-bond donors (Lipinski definition) is 2. The van der Waals surface area contributed by atoms with Crippen LogP contribution in [0.4, 0.5) is 11.5 Å². The Morgan fingerprint density at radius 3 is 2.82 bits per heavy atom. The highest BCUT2D eigenvalue weighted by molar-refractivity contribution is 8.00. The molecule has 0 spiro atoms. The van der Waals surface area contributed by atoms with Crippen molar-refractivity contribution in [3.05, 3.63) is 39.8 Å². The number of thiophene rings is 1. The molecule has 0 saturated heterocycles. The van der Waals surface area contributed by atoms with E-state index in [9.17, 15) is 4.79 Å². The van der Waals surface area contributed by atoms with E-state index in [0.29, 0.717) is 11.0 Å². The molecule has 0 saturated carbocycles. The Kier molecular flexibility index (Phi) is 5.29. The van der Waals surface area contributed by atoms with Gasteiger partial charge in [-0.05, 0) is 63.6 Å². The number of carbonyl (C=O) groups excluding carboxylic acids is 1. The summed E-state index contributed by atoms with van der Waals surface area (Å²) in [5.74, 6) is 0.471.